The number of rotatable bonds is 3. The molecule has 1 aromatic heterocycles. The molecule has 128 valence electrons. The third-order valence-electron chi connectivity index (χ3n) is 5.50. The molecule has 0 atom stereocenters. The highest BCUT2D eigenvalue weighted by Gasteiger charge is 2.27. The fraction of sp³-hybridized carbons (Fsp3) is 0.579. The zero-order valence-electron chi connectivity index (χ0n) is 14.8. The van der Waals surface area contributed by atoms with Crippen LogP contribution in [-0.4, -0.2) is 39.3 Å². The van der Waals surface area contributed by atoms with Crippen molar-refractivity contribution < 1.29 is 0 Å². The van der Waals surface area contributed by atoms with Gasteiger partial charge >= 0.3 is 0 Å². The van der Waals surface area contributed by atoms with Crippen LogP contribution in [-0.2, 0) is 19.6 Å². The second-order valence-corrected chi connectivity index (χ2v) is 7.28. The molecule has 1 aromatic carbocycles. The smallest absolute Gasteiger partial charge is 0.147 e. The second kappa shape index (κ2) is 6.65. The van der Waals surface area contributed by atoms with E-state index in [1.165, 1.54) is 35.4 Å². The first-order chi connectivity index (χ1) is 11.7. The van der Waals surface area contributed by atoms with Crippen LogP contribution >= 0.6 is 0 Å². The zero-order chi connectivity index (χ0) is 16.5. The maximum Gasteiger partial charge on any atom is 0.147 e. The molecule has 1 N–H and O–H groups in total. The maximum atomic E-state index is 4.51. The average Bonchev–Trinajstić information content (AvgIpc) is 3.02. The van der Waals surface area contributed by atoms with Crippen molar-refractivity contribution >= 4 is 0 Å². The molecule has 5 heteroatoms. The molecule has 2 aliphatic heterocycles. The van der Waals surface area contributed by atoms with Crippen molar-refractivity contribution in [2.75, 3.05) is 19.6 Å². The zero-order valence-corrected chi connectivity index (χ0v) is 14.8. The van der Waals surface area contributed by atoms with Crippen LogP contribution < -0.4 is 5.32 Å². The van der Waals surface area contributed by atoms with E-state index >= 15 is 0 Å². The molecule has 1 fully saturated rings. The van der Waals surface area contributed by atoms with Gasteiger partial charge in [0.05, 0.1) is 6.54 Å². The highest BCUT2D eigenvalue weighted by atomic mass is 15.3. The van der Waals surface area contributed by atoms with Gasteiger partial charge in [-0.25, -0.2) is 0 Å². The van der Waals surface area contributed by atoms with Gasteiger partial charge in [-0.2, -0.15) is 0 Å². The number of hydrogen-bond donors (Lipinski definition) is 1. The largest absolute Gasteiger partial charge is 0.312 e. The number of fused-ring (bicyclic) bond motifs is 1. The first kappa shape index (κ1) is 15.8. The molecule has 0 saturated carbocycles. The summed E-state index contributed by atoms with van der Waals surface area (Å²) in [5.41, 5.74) is 4.22. The summed E-state index contributed by atoms with van der Waals surface area (Å²) < 4.78 is 2.35. The Bertz CT molecular complexity index is 713. The Kier molecular flexibility index (Phi) is 4.37. The van der Waals surface area contributed by atoms with Gasteiger partial charge in [-0.15, -0.1) is 10.2 Å². The van der Waals surface area contributed by atoms with Crippen LogP contribution in [0.25, 0.3) is 0 Å². The van der Waals surface area contributed by atoms with E-state index in [4.69, 9.17) is 0 Å². The van der Waals surface area contributed by atoms with Crippen LogP contribution in [0.2, 0.25) is 0 Å². The van der Waals surface area contributed by atoms with E-state index in [9.17, 15) is 0 Å². The third kappa shape index (κ3) is 3.10. The van der Waals surface area contributed by atoms with E-state index in [0.717, 1.165) is 45.1 Å². The van der Waals surface area contributed by atoms with Crippen molar-refractivity contribution in [3.63, 3.8) is 0 Å². The summed E-state index contributed by atoms with van der Waals surface area (Å²) in [5.74, 6) is 2.89. The number of aryl methyl sites for hydroxylation is 2. The Morgan fingerprint density at radius 2 is 1.96 bits per heavy atom. The highest BCUT2D eigenvalue weighted by Crippen LogP contribution is 2.28. The number of nitrogens with zero attached hydrogens (tertiary/aromatic N) is 4. The lowest BCUT2D eigenvalue weighted by Crippen LogP contribution is -2.34. The monoisotopic (exact) mass is 325 g/mol. The van der Waals surface area contributed by atoms with Crippen molar-refractivity contribution in [1.29, 1.82) is 0 Å². The summed E-state index contributed by atoms with van der Waals surface area (Å²) >= 11 is 0. The number of aromatic nitrogens is 3. The summed E-state index contributed by atoms with van der Waals surface area (Å²) in [5, 5.41) is 12.3. The van der Waals surface area contributed by atoms with Gasteiger partial charge in [0.2, 0.25) is 0 Å². The predicted octanol–water partition coefficient (Wildman–Crippen LogP) is 2.38. The minimum Gasteiger partial charge on any atom is -0.312 e. The Morgan fingerprint density at radius 3 is 2.75 bits per heavy atom. The molecule has 1 saturated heterocycles. The Hall–Kier alpha value is -1.72. The Labute approximate surface area is 144 Å². The van der Waals surface area contributed by atoms with Gasteiger partial charge < -0.3 is 9.88 Å². The summed E-state index contributed by atoms with van der Waals surface area (Å²) in [7, 11) is 0. The minimum absolute atomic E-state index is 0.569. The van der Waals surface area contributed by atoms with Gasteiger partial charge in [-0.1, -0.05) is 23.8 Å². The highest BCUT2D eigenvalue weighted by molar-refractivity contribution is 5.30. The van der Waals surface area contributed by atoms with E-state index in [1.807, 2.05) is 0 Å². The first-order valence-electron chi connectivity index (χ1n) is 9.12. The van der Waals surface area contributed by atoms with Gasteiger partial charge in [0.25, 0.3) is 0 Å². The van der Waals surface area contributed by atoms with Gasteiger partial charge in [0.1, 0.15) is 11.6 Å². The molecule has 0 unspecified atom stereocenters. The van der Waals surface area contributed by atoms with Crippen LogP contribution in [0.1, 0.15) is 47.1 Å². The van der Waals surface area contributed by atoms with E-state index in [-0.39, 0.29) is 0 Å². The number of nitrogens with one attached hydrogen (secondary N) is 1. The molecule has 3 heterocycles. The van der Waals surface area contributed by atoms with Crippen LogP contribution in [0.4, 0.5) is 0 Å². The fourth-order valence-electron chi connectivity index (χ4n) is 4.03. The molecular weight excluding hydrogens is 298 g/mol. The van der Waals surface area contributed by atoms with Crippen LogP contribution in [0.5, 0.6) is 0 Å². The molecule has 5 nitrogen and oxygen atoms in total. The molecule has 0 aliphatic carbocycles. The predicted molar refractivity (Wildman–Crippen MR) is 94.9 cm³/mol. The van der Waals surface area contributed by atoms with Crippen molar-refractivity contribution in [2.24, 2.45) is 0 Å². The maximum absolute atomic E-state index is 4.51. The number of likely N-dealkylation sites (tertiary alicyclic amines) is 1. The first-order valence-corrected chi connectivity index (χ1v) is 9.12. The summed E-state index contributed by atoms with van der Waals surface area (Å²) in [6.07, 6.45) is 2.38. The van der Waals surface area contributed by atoms with Crippen molar-refractivity contribution in [1.82, 2.24) is 25.0 Å². The molecule has 4 rings (SSSR count). The minimum atomic E-state index is 0.569. The van der Waals surface area contributed by atoms with Crippen molar-refractivity contribution in [2.45, 2.75) is 52.2 Å². The van der Waals surface area contributed by atoms with Gasteiger partial charge in [-0.05, 0) is 50.9 Å². The molecule has 0 spiro atoms. The lowest BCUT2D eigenvalue weighted by atomic mass is 9.95. The number of benzene rings is 1. The van der Waals surface area contributed by atoms with E-state index in [2.05, 4.69) is 57.0 Å². The molecule has 0 bridgehead atoms. The van der Waals surface area contributed by atoms with E-state index in [1.54, 1.807) is 0 Å². The average molecular weight is 325 g/mol. The van der Waals surface area contributed by atoms with Crippen LogP contribution in [0, 0.1) is 13.8 Å². The summed E-state index contributed by atoms with van der Waals surface area (Å²) in [6, 6.07) is 6.81. The summed E-state index contributed by atoms with van der Waals surface area (Å²) in [6.45, 7) is 10.7. The number of piperidine rings is 1. The van der Waals surface area contributed by atoms with Crippen LogP contribution in [0.15, 0.2) is 18.2 Å². The van der Waals surface area contributed by atoms with Gasteiger partial charge in [-0.3, -0.25) is 4.90 Å². The Balaban J connectivity index is 1.39. The van der Waals surface area contributed by atoms with Gasteiger partial charge in [0, 0.05) is 25.6 Å². The van der Waals surface area contributed by atoms with Crippen LogP contribution in [0.3, 0.4) is 0 Å². The van der Waals surface area contributed by atoms with E-state index in [0.29, 0.717) is 5.92 Å². The second-order valence-electron chi connectivity index (χ2n) is 7.28. The van der Waals surface area contributed by atoms with Gasteiger partial charge in [0.15, 0.2) is 0 Å². The molecular formula is C19H27N5. The quantitative estimate of drug-likeness (QED) is 0.941. The lowest BCUT2D eigenvalue weighted by Gasteiger charge is -2.32. The van der Waals surface area contributed by atoms with E-state index < -0.39 is 0 Å². The molecule has 0 amide bonds. The molecule has 2 aliphatic rings. The Morgan fingerprint density at radius 1 is 1.12 bits per heavy atom. The molecule has 2 aromatic rings. The normalized spacial score (nSPS) is 19.4. The fourth-order valence-corrected chi connectivity index (χ4v) is 4.03. The molecule has 24 heavy (non-hydrogen) atoms. The summed E-state index contributed by atoms with van der Waals surface area (Å²) in [4.78, 5) is 2.59. The third-order valence-corrected chi connectivity index (χ3v) is 5.50. The standard InChI is InChI=1S/C19H27N5/c1-14-3-4-17(15(2)11-14)13-23-8-5-16(6-9-23)19-22-21-18-12-20-7-10-24(18)19/h3-4,11,16,20H,5-10,12-13H2,1-2H3. The lowest BCUT2D eigenvalue weighted by molar-refractivity contribution is 0.199. The molecule has 0 radical (unpaired) electrons. The number of hydrogen-bond acceptors (Lipinski definition) is 4. The van der Waals surface area contributed by atoms with Crippen molar-refractivity contribution in [3.05, 3.63) is 46.5 Å². The topological polar surface area (TPSA) is 46.0 Å². The van der Waals surface area contributed by atoms with Crippen molar-refractivity contribution in [3.8, 4) is 0 Å². The SMILES string of the molecule is Cc1ccc(CN2CCC(c3nnc4n3CCNC4)CC2)c(C)c1.